The van der Waals surface area contributed by atoms with Gasteiger partial charge in [0.05, 0.1) is 30.2 Å². The number of amides is 2. The van der Waals surface area contributed by atoms with Crippen LogP contribution in [0.5, 0.6) is 0 Å². The zero-order valence-corrected chi connectivity index (χ0v) is 14.6. The molecule has 2 unspecified atom stereocenters. The van der Waals surface area contributed by atoms with Crippen molar-refractivity contribution in [2.45, 2.75) is 57.5 Å². The average molecular weight is 369 g/mol. The number of nitrogens with one attached hydrogen (secondary N) is 3. The van der Waals surface area contributed by atoms with Crippen LogP contribution in [0.2, 0.25) is 0 Å². The Bertz CT molecular complexity index is 716. The van der Waals surface area contributed by atoms with Gasteiger partial charge in [0.2, 0.25) is 11.8 Å². The molecular weight excluding hydrogens is 347 g/mol. The maximum atomic E-state index is 12.9. The van der Waals surface area contributed by atoms with Crippen molar-refractivity contribution in [3.63, 3.8) is 0 Å². The Balaban J connectivity index is 1.65. The van der Waals surface area contributed by atoms with Crippen molar-refractivity contribution >= 4 is 11.8 Å². The van der Waals surface area contributed by atoms with E-state index in [2.05, 4.69) is 16.0 Å². The predicted octanol–water partition coefficient (Wildman–Crippen LogP) is 2.41. The molecule has 2 amide bonds. The normalized spacial score (nSPS) is 24.7. The fourth-order valence-electron chi connectivity index (χ4n) is 3.26. The lowest BCUT2D eigenvalue weighted by Gasteiger charge is -2.31. The SMILES string of the molecule is Cc1cc([C@@H](C)NC(=O)C2CC(=O)NC(C3CC3)N2)ccc1C(F)(F)F. The van der Waals surface area contributed by atoms with E-state index in [0.29, 0.717) is 11.5 Å². The molecule has 2 aliphatic rings. The average Bonchev–Trinajstić information content (AvgIpc) is 3.37. The number of aryl methyl sites for hydroxylation is 1. The minimum absolute atomic E-state index is 0.0494. The number of rotatable bonds is 4. The number of hydrogen-bond donors (Lipinski definition) is 3. The van der Waals surface area contributed by atoms with Crippen LogP contribution in [0.15, 0.2) is 18.2 Å². The Kier molecular flexibility index (Phi) is 4.96. The summed E-state index contributed by atoms with van der Waals surface area (Å²) in [6, 6.07) is 2.74. The van der Waals surface area contributed by atoms with Gasteiger partial charge in [-0.05, 0) is 49.8 Å². The molecule has 1 saturated carbocycles. The van der Waals surface area contributed by atoms with E-state index in [4.69, 9.17) is 0 Å². The summed E-state index contributed by atoms with van der Waals surface area (Å²) in [5, 5.41) is 8.78. The second-order valence-electron chi connectivity index (χ2n) is 7.11. The van der Waals surface area contributed by atoms with E-state index in [9.17, 15) is 22.8 Å². The van der Waals surface area contributed by atoms with E-state index < -0.39 is 23.8 Å². The van der Waals surface area contributed by atoms with Gasteiger partial charge >= 0.3 is 6.18 Å². The van der Waals surface area contributed by atoms with E-state index in [1.807, 2.05) is 0 Å². The van der Waals surface area contributed by atoms with Crippen LogP contribution >= 0.6 is 0 Å². The van der Waals surface area contributed by atoms with Gasteiger partial charge in [-0.1, -0.05) is 12.1 Å². The van der Waals surface area contributed by atoms with Gasteiger partial charge in [0, 0.05) is 0 Å². The van der Waals surface area contributed by atoms with Crippen molar-refractivity contribution in [2.75, 3.05) is 0 Å². The molecule has 0 aromatic heterocycles. The number of benzene rings is 1. The number of halogens is 3. The Morgan fingerprint density at radius 1 is 1.31 bits per heavy atom. The van der Waals surface area contributed by atoms with Gasteiger partial charge in [-0.2, -0.15) is 13.2 Å². The minimum atomic E-state index is -4.40. The fraction of sp³-hybridized carbons (Fsp3) is 0.556. The Morgan fingerprint density at radius 3 is 2.58 bits per heavy atom. The van der Waals surface area contributed by atoms with Crippen LogP contribution in [-0.2, 0) is 15.8 Å². The molecule has 1 aliphatic carbocycles. The first-order valence-electron chi connectivity index (χ1n) is 8.68. The highest BCUT2D eigenvalue weighted by atomic mass is 19.4. The lowest BCUT2D eigenvalue weighted by atomic mass is 10.00. The molecule has 3 atom stereocenters. The van der Waals surface area contributed by atoms with Crippen molar-refractivity contribution in [3.05, 3.63) is 34.9 Å². The third-order valence-corrected chi connectivity index (χ3v) is 4.91. The third-order valence-electron chi connectivity index (χ3n) is 4.91. The van der Waals surface area contributed by atoms with Crippen molar-refractivity contribution in [2.24, 2.45) is 5.92 Å². The standard InChI is InChI=1S/C18H22F3N3O2/c1-9-7-12(5-6-13(9)18(19,20)21)10(2)22-17(26)14-8-15(25)24-16(23-14)11-3-4-11/h5-7,10-11,14,16,23H,3-4,8H2,1-2H3,(H,22,26)(H,24,25)/t10-,14?,16?/m1/s1. The maximum Gasteiger partial charge on any atom is 0.416 e. The first-order chi connectivity index (χ1) is 12.1. The first kappa shape index (κ1) is 18.7. The molecule has 0 radical (unpaired) electrons. The van der Waals surface area contributed by atoms with Gasteiger partial charge in [-0.15, -0.1) is 0 Å². The molecule has 8 heteroatoms. The molecule has 1 aliphatic heterocycles. The summed E-state index contributed by atoms with van der Waals surface area (Å²) in [6.07, 6.45) is -2.49. The van der Waals surface area contributed by atoms with Gasteiger partial charge in [0.1, 0.15) is 0 Å². The molecule has 3 rings (SSSR count). The summed E-state index contributed by atoms with van der Waals surface area (Å²) in [7, 11) is 0. The highest BCUT2D eigenvalue weighted by Crippen LogP contribution is 2.34. The molecule has 26 heavy (non-hydrogen) atoms. The van der Waals surface area contributed by atoms with E-state index in [-0.39, 0.29) is 30.0 Å². The maximum absolute atomic E-state index is 12.9. The molecule has 0 bridgehead atoms. The molecule has 3 N–H and O–H groups in total. The second-order valence-corrected chi connectivity index (χ2v) is 7.11. The lowest BCUT2D eigenvalue weighted by molar-refractivity contribution is -0.138. The Labute approximate surface area is 149 Å². The zero-order chi connectivity index (χ0) is 19.1. The summed E-state index contributed by atoms with van der Waals surface area (Å²) in [4.78, 5) is 24.3. The monoisotopic (exact) mass is 369 g/mol. The summed E-state index contributed by atoms with van der Waals surface area (Å²) in [6.45, 7) is 3.11. The van der Waals surface area contributed by atoms with Crippen molar-refractivity contribution in [1.82, 2.24) is 16.0 Å². The van der Waals surface area contributed by atoms with Gasteiger partial charge < -0.3 is 10.6 Å². The quantitative estimate of drug-likeness (QED) is 0.763. The summed E-state index contributed by atoms with van der Waals surface area (Å²) < 4.78 is 38.6. The lowest BCUT2D eigenvalue weighted by Crippen LogP contribution is -2.61. The topological polar surface area (TPSA) is 70.2 Å². The van der Waals surface area contributed by atoms with Crippen LogP contribution in [0, 0.1) is 12.8 Å². The largest absolute Gasteiger partial charge is 0.416 e. The minimum Gasteiger partial charge on any atom is -0.348 e. The van der Waals surface area contributed by atoms with Crippen LogP contribution in [-0.4, -0.2) is 24.0 Å². The van der Waals surface area contributed by atoms with Crippen molar-refractivity contribution in [3.8, 4) is 0 Å². The summed E-state index contributed by atoms with van der Waals surface area (Å²) in [5.74, 6) is -0.126. The van der Waals surface area contributed by atoms with E-state index >= 15 is 0 Å². The van der Waals surface area contributed by atoms with E-state index in [1.165, 1.54) is 19.1 Å². The second kappa shape index (κ2) is 6.90. The van der Waals surface area contributed by atoms with Gasteiger partial charge in [0.25, 0.3) is 0 Å². The molecule has 1 saturated heterocycles. The van der Waals surface area contributed by atoms with Crippen LogP contribution in [0.3, 0.4) is 0 Å². The predicted molar refractivity (Wildman–Crippen MR) is 88.9 cm³/mol. The van der Waals surface area contributed by atoms with Gasteiger partial charge in [0.15, 0.2) is 0 Å². The first-order valence-corrected chi connectivity index (χ1v) is 8.68. The third kappa shape index (κ3) is 4.17. The molecule has 1 aromatic rings. The van der Waals surface area contributed by atoms with Crippen LogP contribution in [0.25, 0.3) is 0 Å². The van der Waals surface area contributed by atoms with Crippen LogP contribution in [0.1, 0.15) is 48.9 Å². The molecule has 2 fully saturated rings. The number of carbonyl (C=O) groups is 2. The molecule has 5 nitrogen and oxygen atoms in total. The van der Waals surface area contributed by atoms with Crippen LogP contribution in [0.4, 0.5) is 13.2 Å². The highest BCUT2D eigenvalue weighted by Gasteiger charge is 2.39. The zero-order valence-electron chi connectivity index (χ0n) is 14.6. The van der Waals surface area contributed by atoms with Gasteiger partial charge in [-0.25, -0.2) is 0 Å². The Hall–Kier alpha value is -2.09. The molecule has 1 aromatic carbocycles. The fourth-order valence-corrected chi connectivity index (χ4v) is 3.26. The number of alkyl halides is 3. The molecule has 1 heterocycles. The Morgan fingerprint density at radius 2 is 2.00 bits per heavy atom. The number of hydrogen-bond acceptors (Lipinski definition) is 3. The highest BCUT2D eigenvalue weighted by molar-refractivity contribution is 5.89. The molecule has 0 spiro atoms. The van der Waals surface area contributed by atoms with Crippen molar-refractivity contribution in [1.29, 1.82) is 0 Å². The molecule has 142 valence electrons. The van der Waals surface area contributed by atoms with Gasteiger partial charge in [-0.3, -0.25) is 14.9 Å². The van der Waals surface area contributed by atoms with Crippen molar-refractivity contribution < 1.29 is 22.8 Å². The van der Waals surface area contributed by atoms with E-state index in [0.717, 1.165) is 18.9 Å². The van der Waals surface area contributed by atoms with E-state index in [1.54, 1.807) is 6.92 Å². The number of carbonyl (C=O) groups excluding carboxylic acids is 2. The summed E-state index contributed by atoms with van der Waals surface area (Å²) >= 11 is 0. The molecular formula is C18H22F3N3O2. The smallest absolute Gasteiger partial charge is 0.348 e. The summed E-state index contributed by atoms with van der Waals surface area (Å²) in [5.41, 5.74) is 0.0144. The van der Waals surface area contributed by atoms with Crippen LogP contribution < -0.4 is 16.0 Å².